The molecule has 0 aliphatic carbocycles. The van der Waals surface area contributed by atoms with E-state index in [1.54, 1.807) is 18.9 Å². The molecule has 0 bridgehead atoms. The summed E-state index contributed by atoms with van der Waals surface area (Å²) in [7, 11) is 1.69. The number of anilines is 1. The van der Waals surface area contributed by atoms with Crippen LogP contribution in [-0.2, 0) is 11.8 Å². The number of thioether (sulfide) groups is 1. The van der Waals surface area contributed by atoms with Gasteiger partial charge in [0.25, 0.3) is 11.5 Å². The molecule has 1 amide bonds. The van der Waals surface area contributed by atoms with Gasteiger partial charge >= 0.3 is 0 Å². The van der Waals surface area contributed by atoms with Gasteiger partial charge in [-0.05, 0) is 44.7 Å². The maximum Gasteiger partial charge on any atom is 0.270 e. The number of pyridine rings is 1. The zero-order valence-corrected chi connectivity index (χ0v) is 18.2. The summed E-state index contributed by atoms with van der Waals surface area (Å²) in [5.41, 5.74) is 1.19. The molecule has 0 aromatic carbocycles. The molecule has 0 radical (unpaired) electrons. The van der Waals surface area contributed by atoms with Crippen molar-refractivity contribution in [3.63, 3.8) is 0 Å². The lowest BCUT2D eigenvalue weighted by atomic mass is 10.0. The van der Waals surface area contributed by atoms with Crippen LogP contribution in [0.2, 0.25) is 0 Å². The Hall–Kier alpha value is -2.11. The number of hydrogen-bond donors (Lipinski definition) is 0. The number of hydrogen-bond acceptors (Lipinski definition) is 6. The van der Waals surface area contributed by atoms with Gasteiger partial charge in [0.15, 0.2) is 0 Å². The molecule has 1 aromatic heterocycles. The second-order valence-corrected chi connectivity index (χ2v) is 8.89. The summed E-state index contributed by atoms with van der Waals surface area (Å²) in [6, 6.07) is 2.07. The summed E-state index contributed by atoms with van der Waals surface area (Å²) in [4.78, 5) is 30.0. The smallest absolute Gasteiger partial charge is 0.270 e. The zero-order valence-electron chi connectivity index (χ0n) is 16.6. The molecule has 0 spiro atoms. The molecule has 2 saturated heterocycles. The van der Waals surface area contributed by atoms with Gasteiger partial charge in [-0.25, -0.2) is 0 Å². The summed E-state index contributed by atoms with van der Waals surface area (Å²) in [6.07, 6.45) is 4.74. The minimum atomic E-state index is -0.300. The van der Waals surface area contributed by atoms with Crippen molar-refractivity contribution in [3.8, 4) is 6.07 Å². The standard InChI is InChI=1S/C20H24N4O2S2/c1-5-12(2)24-19(26)16(28-20(24)27)10-14-13(3)15(11-21)18(25)22(4)17(14)23-8-6-7-9-23/h10,12H,5-9H2,1-4H3/b16-10-. The first-order valence-corrected chi connectivity index (χ1v) is 10.7. The van der Waals surface area contributed by atoms with E-state index in [1.807, 2.05) is 26.0 Å². The second-order valence-electron chi connectivity index (χ2n) is 7.22. The van der Waals surface area contributed by atoms with Gasteiger partial charge in [0.05, 0.1) is 4.91 Å². The first-order valence-electron chi connectivity index (χ1n) is 9.47. The maximum atomic E-state index is 13.0. The average molecular weight is 417 g/mol. The van der Waals surface area contributed by atoms with Crippen LogP contribution in [0.5, 0.6) is 0 Å². The molecule has 3 heterocycles. The van der Waals surface area contributed by atoms with Crippen molar-refractivity contribution >= 4 is 46.1 Å². The largest absolute Gasteiger partial charge is 0.357 e. The van der Waals surface area contributed by atoms with Crippen LogP contribution in [0.4, 0.5) is 5.82 Å². The Morgan fingerprint density at radius 1 is 1.32 bits per heavy atom. The van der Waals surface area contributed by atoms with Crippen LogP contribution < -0.4 is 10.5 Å². The fourth-order valence-corrected chi connectivity index (χ4v) is 5.14. The number of carbonyl (C=O) groups is 1. The van der Waals surface area contributed by atoms with Gasteiger partial charge in [-0.3, -0.25) is 19.1 Å². The van der Waals surface area contributed by atoms with E-state index in [1.165, 1.54) is 16.3 Å². The Bertz CT molecular complexity index is 968. The fourth-order valence-electron chi connectivity index (χ4n) is 3.70. The van der Waals surface area contributed by atoms with Crippen LogP contribution >= 0.6 is 24.0 Å². The lowest BCUT2D eigenvalue weighted by Crippen LogP contribution is -2.36. The fraction of sp³-hybridized carbons (Fsp3) is 0.500. The number of nitrogens with zero attached hydrogens (tertiary/aromatic N) is 4. The monoisotopic (exact) mass is 416 g/mol. The zero-order chi connectivity index (χ0) is 20.6. The summed E-state index contributed by atoms with van der Waals surface area (Å²) >= 11 is 6.71. The van der Waals surface area contributed by atoms with E-state index < -0.39 is 0 Å². The first kappa shape index (κ1) is 20.6. The number of aromatic nitrogens is 1. The molecule has 2 fully saturated rings. The van der Waals surface area contributed by atoms with Crippen molar-refractivity contribution in [2.75, 3.05) is 18.0 Å². The van der Waals surface area contributed by atoms with Crippen LogP contribution in [0.1, 0.15) is 49.8 Å². The number of amides is 1. The molecule has 2 aliphatic rings. The number of thiocarbonyl (C=S) groups is 1. The molecule has 6 nitrogen and oxygen atoms in total. The van der Waals surface area contributed by atoms with E-state index in [4.69, 9.17) is 12.2 Å². The molecule has 28 heavy (non-hydrogen) atoms. The molecule has 1 atom stereocenters. The summed E-state index contributed by atoms with van der Waals surface area (Å²) in [5, 5.41) is 9.51. The quantitative estimate of drug-likeness (QED) is 0.555. The average Bonchev–Trinajstić information content (AvgIpc) is 3.28. The molecule has 1 aromatic rings. The van der Waals surface area contributed by atoms with Crippen LogP contribution in [0.25, 0.3) is 6.08 Å². The van der Waals surface area contributed by atoms with E-state index in [0.717, 1.165) is 43.7 Å². The number of nitriles is 1. The summed E-state index contributed by atoms with van der Waals surface area (Å²) in [6.45, 7) is 7.49. The third-order valence-electron chi connectivity index (χ3n) is 5.50. The van der Waals surface area contributed by atoms with Crippen molar-refractivity contribution < 1.29 is 4.79 Å². The van der Waals surface area contributed by atoms with Crippen molar-refractivity contribution in [2.24, 2.45) is 7.05 Å². The van der Waals surface area contributed by atoms with E-state index in [2.05, 4.69) is 4.90 Å². The van der Waals surface area contributed by atoms with Crippen molar-refractivity contribution in [1.82, 2.24) is 9.47 Å². The molecular weight excluding hydrogens is 392 g/mol. The molecule has 0 N–H and O–H groups in total. The first-order chi connectivity index (χ1) is 13.3. The third kappa shape index (κ3) is 3.38. The molecule has 2 aliphatic heterocycles. The van der Waals surface area contributed by atoms with Gasteiger partial charge in [0.1, 0.15) is 21.8 Å². The second kappa shape index (κ2) is 8.10. The molecule has 0 saturated carbocycles. The lowest BCUT2D eigenvalue weighted by Gasteiger charge is -2.25. The topological polar surface area (TPSA) is 69.3 Å². The predicted molar refractivity (Wildman–Crippen MR) is 117 cm³/mol. The van der Waals surface area contributed by atoms with Crippen molar-refractivity contribution in [1.29, 1.82) is 5.26 Å². The molecule has 8 heteroatoms. The third-order valence-corrected chi connectivity index (χ3v) is 6.83. The highest BCUT2D eigenvalue weighted by Crippen LogP contribution is 2.37. The number of carbonyl (C=O) groups excluding carboxylic acids is 1. The highest BCUT2D eigenvalue weighted by molar-refractivity contribution is 8.26. The Morgan fingerprint density at radius 3 is 2.54 bits per heavy atom. The Kier molecular flexibility index (Phi) is 5.96. The molecular formula is C20H24N4O2S2. The minimum absolute atomic E-state index is 0.0346. The van der Waals surface area contributed by atoms with Gasteiger partial charge in [-0.1, -0.05) is 30.9 Å². The van der Waals surface area contributed by atoms with Gasteiger partial charge in [0, 0.05) is 31.7 Å². The highest BCUT2D eigenvalue weighted by Gasteiger charge is 2.35. The molecule has 3 rings (SSSR count). The van der Waals surface area contributed by atoms with Gasteiger partial charge < -0.3 is 4.90 Å². The normalized spacial score (nSPS) is 19.6. The van der Waals surface area contributed by atoms with E-state index in [9.17, 15) is 14.9 Å². The van der Waals surface area contributed by atoms with Crippen LogP contribution in [-0.4, -0.2) is 38.8 Å². The minimum Gasteiger partial charge on any atom is -0.357 e. The summed E-state index contributed by atoms with van der Waals surface area (Å²) < 4.78 is 2.09. The van der Waals surface area contributed by atoms with Gasteiger partial charge in [-0.15, -0.1) is 0 Å². The SMILES string of the molecule is CCC(C)N1C(=O)/C(=C/c2c(C)c(C#N)c(=O)n(C)c2N2CCCC2)SC1=S. The van der Waals surface area contributed by atoms with E-state index >= 15 is 0 Å². The van der Waals surface area contributed by atoms with E-state index in [0.29, 0.717) is 14.8 Å². The Labute approximate surface area is 174 Å². The van der Waals surface area contributed by atoms with Crippen molar-refractivity contribution in [2.45, 2.75) is 46.1 Å². The lowest BCUT2D eigenvalue weighted by molar-refractivity contribution is -0.123. The highest BCUT2D eigenvalue weighted by atomic mass is 32.2. The molecule has 148 valence electrons. The van der Waals surface area contributed by atoms with Gasteiger partial charge in [-0.2, -0.15) is 5.26 Å². The maximum absolute atomic E-state index is 13.0. The predicted octanol–water partition coefficient (Wildman–Crippen LogP) is 3.17. The Morgan fingerprint density at radius 2 is 1.96 bits per heavy atom. The van der Waals surface area contributed by atoms with E-state index in [-0.39, 0.29) is 23.1 Å². The van der Waals surface area contributed by atoms with Crippen LogP contribution in [0.15, 0.2) is 9.70 Å². The Balaban J connectivity index is 2.19. The van der Waals surface area contributed by atoms with Crippen LogP contribution in [0, 0.1) is 18.3 Å². The van der Waals surface area contributed by atoms with Crippen LogP contribution in [0.3, 0.4) is 0 Å². The van der Waals surface area contributed by atoms with Gasteiger partial charge in [0.2, 0.25) is 0 Å². The molecule has 1 unspecified atom stereocenters. The van der Waals surface area contributed by atoms with Crippen molar-refractivity contribution in [3.05, 3.63) is 31.9 Å². The number of rotatable bonds is 4. The summed E-state index contributed by atoms with van der Waals surface area (Å²) in [5.74, 6) is 0.663.